The summed E-state index contributed by atoms with van der Waals surface area (Å²) in [6, 6.07) is 7.29. The first-order valence-electron chi connectivity index (χ1n) is 9.65. The molecule has 2 aromatic carbocycles. The molecule has 0 radical (unpaired) electrons. The van der Waals surface area contributed by atoms with E-state index in [9.17, 15) is 13.6 Å². The van der Waals surface area contributed by atoms with Gasteiger partial charge in [-0.3, -0.25) is 4.79 Å². The molecule has 0 saturated heterocycles. The number of primary amides is 1. The molecule has 3 aromatic rings. The summed E-state index contributed by atoms with van der Waals surface area (Å²) in [5, 5.41) is 4.33. The lowest BCUT2D eigenvalue weighted by Gasteiger charge is -2.28. The van der Waals surface area contributed by atoms with Gasteiger partial charge in [0.25, 0.3) is 0 Å². The van der Waals surface area contributed by atoms with E-state index in [1.54, 1.807) is 12.1 Å². The van der Waals surface area contributed by atoms with Gasteiger partial charge in [-0.05, 0) is 61.2 Å². The van der Waals surface area contributed by atoms with E-state index in [-0.39, 0.29) is 23.5 Å². The molecule has 0 fully saturated rings. The predicted octanol–water partition coefficient (Wildman–Crippen LogP) is 3.32. The molecule has 4 rings (SSSR count). The van der Waals surface area contributed by atoms with Crippen molar-refractivity contribution in [1.82, 2.24) is 10.3 Å². The van der Waals surface area contributed by atoms with Crippen LogP contribution in [0.15, 0.2) is 36.5 Å². The van der Waals surface area contributed by atoms with Gasteiger partial charge in [-0.15, -0.1) is 0 Å². The number of hydrogen-bond acceptors (Lipinski definition) is 3. The number of aromatic nitrogens is 1. The van der Waals surface area contributed by atoms with Crippen molar-refractivity contribution in [2.75, 3.05) is 13.2 Å². The third kappa shape index (κ3) is 3.96. The van der Waals surface area contributed by atoms with Crippen LogP contribution in [0.5, 0.6) is 5.75 Å². The second-order valence-electron chi connectivity index (χ2n) is 7.70. The van der Waals surface area contributed by atoms with Gasteiger partial charge < -0.3 is 20.8 Å². The Kier molecular flexibility index (Phi) is 5.24. The van der Waals surface area contributed by atoms with Gasteiger partial charge in [0.2, 0.25) is 5.91 Å². The molecule has 1 aliphatic heterocycles. The number of halogens is 2. The standard InChI is InChI=1S/C22H23F2N3O2/c1-12(6-13-10-27-20-5-2-14(23)7-17(13)20)9-26-15-8-18-16(22(25)28)3-4-19(24)21(18)29-11-15/h2-5,7,10,12,15,26-27H,6,8-9,11H2,1H3,(H2,25,28). The SMILES string of the molecule is CC(CNC1COc2c(F)ccc(C(N)=O)c2C1)Cc1c[nH]c2ccc(F)cc12. The molecule has 2 atom stereocenters. The van der Waals surface area contributed by atoms with Crippen LogP contribution in [-0.2, 0) is 12.8 Å². The fraction of sp³-hybridized carbons (Fsp3) is 0.318. The van der Waals surface area contributed by atoms with Crippen molar-refractivity contribution in [2.45, 2.75) is 25.8 Å². The molecule has 0 bridgehead atoms. The first-order chi connectivity index (χ1) is 13.9. The van der Waals surface area contributed by atoms with Gasteiger partial charge in [-0.1, -0.05) is 6.92 Å². The van der Waals surface area contributed by atoms with E-state index in [0.717, 1.165) is 22.9 Å². The Bertz CT molecular complexity index is 1060. The molecule has 1 aromatic heterocycles. The monoisotopic (exact) mass is 399 g/mol. The maximum atomic E-state index is 14.0. The van der Waals surface area contributed by atoms with Gasteiger partial charge in [0.05, 0.1) is 0 Å². The zero-order valence-electron chi connectivity index (χ0n) is 16.1. The minimum atomic E-state index is -0.592. The number of ether oxygens (including phenoxy) is 1. The highest BCUT2D eigenvalue weighted by atomic mass is 19.1. The molecule has 1 aliphatic rings. The summed E-state index contributed by atoms with van der Waals surface area (Å²) in [6.07, 6.45) is 3.17. The minimum Gasteiger partial charge on any atom is -0.489 e. The van der Waals surface area contributed by atoms with E-state index in [1.807, 2.05) is 6.20 Å². The van der Waals surface area contributed by atoms with Gasteiger partial charge in [0, 0.05) is 34.3 Å². The van der Waals surface area contributed by atoms with Crippen molar-refractivity contribution in [1.29, 1.82) is 0 Å². The summed E-state index contributed by atoms with van der Waals surface area (Å²) < 4.78 is 33.1. The molecular formula is C22H23F2N3O2. The van der Waals surface area contributed by atoms with Crippen LogP contribution in [0.2, 0.25) is 0 Å². The van der Waals surface area contributed by atoms with Crippen LogP contribution in [0.4, 0.5) is 8.78 Å². The van der Waals surface area contributed by atoms with Gasteiger partial charge in [0.15, 0.2) is 11.6 Å². The van der Waals surface area contributed by atoms with Crippen molar-refractivity contribution in [3.05, 3.63) is 64.9 Å². The molecule has 4 N–H and O–H groups in total. The lowest BCUT2D eigenvalue weighted by Crippen LogP contribution is -2.42. The van der Waals surface area contributed by atoms with Crippen LogP contribution in [-0.4, -0.2) is 30.1 Å². The maximum Gasteiger partial charge on any atom is 0.249 e. The average molecular weight is 399 g/mol. The number of carbonyl (C=O) groups excluding carboxylic acids is 1. The molecular weight excluding hydrogens is 376 g/mol. The van der Waals surface area contributed by atoms with Gasteiger partial charge in [0.1, 0.15) is 12.4 Å². The molecule has 2 heterocycles. The van der Waals surface area contributed by atoms with Crippen molar-refractivity contribution in [2.24, 2.45) is 11.7 Å². The quantitative estimate of drug-likeness (QED) is 0.595. The Morgan fingerprint density at radius 2 is 2.17 bits per heavy atom. The Morgan fingerprint density at radius 3 is 2.97 bits per heavy atom. The maximum absolute atomic E-state index is 14.0. The van der Waals surface area contributed by atoms with Crippen LogP contribution in [0, 0.1) is 17.6 Å². The molecule has 1 amide bonds. The Hall–Kier alpha value is -2.93. The summed E-state index contributed by atoms with van der Waals surface area (Å²) in [6.45, 7) is 3.13. The van der Waals surface area contributed by atoms with Crippen LogP contribution in [0.25, 0.3) is 10.9 Å². The molecule has 152 valence electrons. The molecule has 7 heteroatoms. The largest absolute Gasteiger partial charge is 0.489 e. The number of aromatic amines is 1. The number of nitrogens with two attached hydrogens (primary N) is 1. The van der Waals surface area contributed by atoms with E-state index >= 15 is 0 Å². The number of H-pyrrole nitrogens is 1. The summed E-state index contributed by atoms with van der Waals surface area (Å²) in [5.41, 5.74) is 8.21. The molecule has 5 nitrogen and oxygen atoms in total. The molecule has 0 saturated carbocycles. The number of benzene rings is 2. The van der Waals surface area contributed by atoms with E-state index < -0.39 is 11.7 Å². The molecule has 29 heavy (non-hydrogen) atoms. The Balaban J connectivity index is 1.40. The van der Waals surface area contributed by atoms with Crippen LogP contribution in [0.3, 0.4) is 0 Å². The van der Waals surface area contributed by atoms with Crippen LogP contribution < -0.4 is 15.8 Å². The second-order valence-corrected chi connectivity index (χ2v) is 7.70. The van der Waals surface area contributed by atoms with Crippen molar-refractivity contribution in [3.8, 4) is 5.75 Å². The summed E-state index contributed by atoms with van der Waals surface area (Å²) in [4.78, 5) is 14.8. The average Bonchev–Trinajstić information content (AvgIpc) is 3.08. The zero-order valence-corrected chi connectivity index (χ0v) is 16.1. The third-order valence-electron chi connectivity index (χ3n) is 5.41. The zero-order chi connectivity index (χ0) is 20.5. The fourth-order valence-corrected chi connectivity index (χ4v) is 3.94. The van der Waals surface area contributed by atoms with E-state index in [2.05, 4.69) is 17.2 Å². The van der Waals surface area contributed by atoms with Gasteiger partial charge >= 0.3 is 0 Å². The molecule has 0 aliphatic carbocycles. The number of hydrogen-bond donors (Lipinski definition) is 3. The predicted molar refractivity (Wildman–Crippen MR) is 107 cm³/mol. The highest BCUT2D eigenvalue weighted by Crippen LogP contribution is 2.31. The highest BCUT2D eigenvalue weighted by molar-refractivity contribution is 5.95. The number of carbonyl (C=O) groups is 1. The smallest absolute Gasteiger partial charge is 0.249 e. The van der Waals surface area contributed by atoms with E-state index in [4.69, 9.17) is 10.5 Å². The number of amides is 1. The lowest BCUT2D eigenvalue weighted by molar-refractivity contribution is 0.0997. The first-order valence-corrected chi connectivity index (χ1v) is 9.65. The van der Waals surface area contributed by atoms with Crippen LogP contribution in [0.1, 0.15) is 28.4 Å². The van der Waals surface area contributed by atoms with Crippen LogP contribution >= 0.6 is 0 Å². The second kappa shape index (κ2) is 7.83. The Labute approximate surface area is 167 Å². The van der Waals surface area contributed by atoms with Crippen molar-refractivity contribution < 1.29 is 18.3 Å². The molecule has 2 unspecified atom stereocenters. The van der Waals surface area contributed by atoms with E-state index in [1.165, 1.54) is 18.2 Å². The lowest BCUT2D eigenvalue weighted by atomic mass is 9.95. The minimum absolute atomic E-state index is 0.0507. The Morgan fingerprint density at radius 1 is 1.34 bits per heavy atom. The molecule has 0 spiro atoms. The normalized spacial score (nSPS) is 17.0. The number of nitrogens with one attached hydrogen (secondary N) is 2. The van der Waals surface area contributed by atoms with Gasteiger partial charge in [-0.25, -0.2) is 8.78 Å². The topological polar surface area (TPSA) is 80.1 Å². The summed E-state index contributed by atoms with van der Waals surface area (Å²) in [7, 11) is 0. The summed E-state index contributed by atoms with van der Waals surface area (Å²) >= 11 is 0. The van der Waals surface area contributed by atoms with E-state index in [0.29, 0.717) is 30.7 Å². The van der Waals surface area contributed by atoms with Gasteiger partial charge in [-0.2, -0.15) is 0 Å². The number of fused-ring (bicyclic) bond motifs is 2. The van der Waals surface area contributed by atoms with Crippen molar-refractivity contribution in [3.63, 3.8) is 0 Å². The number of rotatable bonds is 6. The third-order valence-corrected chi connectivity index (χ3v) is 5.41. The first kappa shape index (κ1) is 19.4. The fourth-order valence-electron chi connectivity index (χ4n) is 3.94. The highest BCUT2D eigenvalue weighted by Gasteiger charge is 2.27. The summed E-state index contributed by atoms with van der Waals surface area (Å²) in [5.74, 6) is -0.927. The van der Waals surface area contributed by atoms with Crippen molar-refractivity contribution >= 4 is 16.8 Å².